The van der Waals surface area contributed by atoms with Crippen molar-refractivity contribution in [2.45, 2.75) is 57.9 Å². The van der Waals surface area contributed by atoms with Crippen LogP contribution in [-0.2, 0) is 20.9 Å². The summed E-state index contributed by atoms with van der Waals surface area (Å²) in [6.07, 6.45) is 2.66. The first-order valence-corrected chi connectivity index (χ1v) is 10.3. The molecule has 1 unspecified atom stereocenters. The summed E-state index contributed by atoms with van der Waals surface area (Å²) in [5.41, 5.74) is 0.411. The Morgan fingerprint density at radius 3 is 2.43 bits per heavy atom. The summed E-state index contributed by atoms with van der Waals surface area (Å²) in [4.78, 5) is 26.7. The van der Waals surface area contributed by atoms with Gasteiger partial charge in [-0.05, 0) is 51.3 Å². The van der Waals surface area contributed by atoms with Gasteiger partial charge in [0, 0.05) is 19.1 Å². The zero-order chi connectivity index (χ0) is 21.6. The Hall–Kier alpha value is -2.80. The third kappa shape index (κ3) is 6.35. The van der Waals surface area contributed by atoms with E-state index in [-0.39, 0.29) is 24.7 Å². The maximum absolute atomic E-state index is 12.8. The molecule has 1 aromatic heterocycles. The Kier molecular flexibility index (Phi) is 7.15. The van der Waals surface area contributed by atoms with Crippen molar-refractivity contribution in [3.05, 3.63) is 60.1 Å². The summed E-state index contributed by atoms with van der Waals surface area (Å²) in [5.74, 6) is 0.131. The number of esters is 1. The topological polar surface area (TPSA) is 81.0 Å². The number of furan rings is 1. The highest BCUT2D eigenvalue weighted by atomic mass is 16.6. The zero-order valence-corrected chi connectivity index (χ0v) is 17.8. The molecule has 0 aliphatic carbocycles. The number of nitrogens with zero attached hydrogens (tertiary/aromatic N) is 1. The van der Waals surface area contributed by atoms with Gasteiger partial charge >= 0.3 is 12.1 Å². The number of carbonyl (C=O) groups excluding carboxylic acids is 2. The Balaban J connectivity index is 1.56. The molecule has 162 valence electrons. The highest BCUT2D eigenvalue weighted by molar-refractivity contribution is 5.77. The van der Waals surface area contributed by atoms with Crippen molar-refractivity contribution in [3.63, 3.8) is 0 Å². The van der Waals surface area contributed by atoms with Crippen LogP contribution in [-0.4, -0.2) is 41.7 Å². The van der Waals surface area contributed by atoms with Gasteiger partial charge < -0.3 is 18.8 Å². The fourth-order valence-corrected chi connectivity index (χ4v) is 3.32. The van der Waals surface area contributed by atoms with Crippen molar-refractivity contribution >= 4 is 12.1 Å². The van der Waals surface area contributed by atoms with Crippen molar-refractivity contribution in [1.82, 2.24) is 10.2 Å². The molecule has 1 N–H and O–H groups in total. The summed E-state index contributed by atoms with van der Waals surface area (Å²) in [6, 6.07) is 12.4. The zero-order valence-electron chi connectivity index (χ0n) is 17.8. The lowest BCUT2D eigenvalue weighted by Crippen LogP contribution is -2.48. The van der Waals surface area contributed by atoms with Crippen molar-refractivity contribution < 1.29 is 23.5 Å². The second kappa shape index (κ2) is 9.80. The van der Waals surface area contributed by atoms with Gasteiger partial charge in [0.05, 0.1) is 6.26 Å². The number of ether oxygens (including phenoxy) is 2. The van der Waals surface area contributed by atoms with E-state index in [1.54, 1.807) is 23.3 Å². The molecule has 1 aromatic carbocycles. The summed E-state index contributed by atoms with van der Waals surface area (Å²) in [6.45, 7) is 6.90. The first kappa shape index (κ1) is 21.9. The third-order valence-corrected chi connectivity index (χ3v) is 4.84. The van der Waals surface area contributed by atoms with Crippen LogP contribution in [0.4, 0.5) is 4.79 Å². The van der Waals surface area contributed by atoms with E-state index in [9.17, 15) is 9.59 Å². The van der Waals surface area contributed by atoms with Crippen LogP contribution in [0.2, 0.25) is 0 Å². The van der Waals surface area contributed by atoms with Crippen LogP contribution in [0.15, 0.2) is 53.1 Å². The van der Waals surface area contributed by atoms with Gasteiger partial charge in [-0.2, -0.15) is 0 Å². The average molecular weight is 415 g/mol. The molecule has 7 heteroatoms. The molecule has 1 amide bonds. The van der Waals surface area contributed by atoms with Gasteiger partial charge in [-0.25, -0.2) is 9.59 Å². The Labute approximate surface area is 177 Å². The maximum Gasteiger partial charge on any atom is 0.410 e. The lowest BCUT2D eigenvalue weighted by atomic mass is 10.0. The minimum Gasteiger partial charge on any atom is -0.467 e. The molecule has 3 rings (SSSR count). The van der Waals surface area contributed by atoms with E-state index in [4.69, 9.17) is 13.9 Å². The molecule has 1 atom stereocenters. The van der Waals surface area contributed by atoms with Crippen LogP contribution in [0.25, 0.3) is 0 Å². The van der Waals surface area contributed by atoms with Gasteiger partial charge in [-0.15, -0.1) is 0 Å². The molecule has 0 saturated carbocycles. The molecule has 1 saturated heterocycles. The number of piperidine rings is 1. The number of nitrogens with one attached hydrogen (secondary N) is 1. The first-order chi connectivity index (χ1) is 14.3. The van der Waals surface area contributed by atoms with Crippen molar-refractivity contribution in [3.8, 4) is 0 Å². The number of benzene rings is 1. The van der Waals surface area contributed by atoms with Gasteiger partial charge in [0.2, 0.25) is 0 Å². The molecule has 0 bridgehead atoms. The molecule has 1 fully saturated rings. The molecular weight excluding hydrogens is 384 g/mol. The number of amides is 1. The Bertz CT molecular complexity index is 806. The second-order valence-electron chi connectivity index (χ2n) is 8.45. The van der Waals surface area contributed by atoms with Crippen molar-refractivity contribution in [2.75, 3.05) is 13.1 Å². The van der Waals surface area contributed by atoms with Gasteiger partial charge in [0.25, 0.3) is 0 Å². The predicted molar refractivity (Wildman–Crippen MR) is 112 cm³/mol. The highest BCUT2D eigenvalue weighted by Gasteiger charge is 2.31. The van der Waals surface area contributed by atoms with Crippen LogP contribution in [0, 0.1) is 0 Å². The highest BCUT2D eigenvalue weighted by Crippen LogP contribution is 2.21. The number of hydrogen-bond donors (Lipinski definition) is 1. The fraction of sp³-hybridized carbons (Fsp3) is 0.478. The molecular formula is C23H30N2O5. The molecule has 2 aromatic rings. The second-order valence-corrected chi connectivity index (χ2v) is 8.45. The lowest BCUT2D eigenvalue weighted by Gasteiger charge is -2.34. The standard InChI is InChI=1S/C23H30N2O5/c1-23(2,3)30-22(27)25-13-11-18(12-14-25)24-20(19-10-7-15-28-19)21(26)29-16-17-8-5-4-6-9-17/h4-10,15,18,20,24H,11-14,16H2,1-3H3. The van der Waals surface area contributed by atoms with E-state index >= 15 is 0 Å². The molecule has 1 aliphatic rings. The van der Waals surface area contributed by atoms with E-state index in [0.29, 0.717) is 31.7 Å². The largest absolute Gasteiger partial charge is 0.467 e. The van der Waals surface area contributed by atoms with Crippen LogP contribution in [0.1, 0.15) is 51.0 Å². The summed E-state index contributed by atoms with van der Waals surface area (Å²) >= 11 is 0. The summed E-state index contributed by atoms with van der Waals surface area (Å²) in [5, 5.41) is 3.36. The minimum atomic E-state index is -0.693. The molecule has 0 spiro atoms. The number of hydrogen-bond acceptors (Lipinski definition) is 6. The smallest absolute Gasteiger partial charge is 0.410 e. The molecule has 30 heavy (non-hydrogen) atoms. The lowest BCUT2D eigenvalue weighted by molar-refractivity contribution is -0.148. The Morgan fingerprint density at radius 2 is 1.83 bits per heavy atom. The number of carbonyl (C=O) groups is 2. The minimum absolute atomic E-state index is 0.0584. The Morgan fingerprint density at radius 1 is 1.13 bits per heavy atom. The van der Waals surface area contributed by atoms with E-state index in [1.165, 1.54) is 0 Å². The summed E-state index contributed by atoms with van der Waals surface area (Å²) in [7, 11) is 0. The van der Waals surface area contributed by atoms with Crippen LogP contribution >= 0.6 is 0 Å². The van der Waals surface area contributed by atoms with E-state index in [1.807, 2.05) is 51.1 Å². The predicted octanol–water partition coefficient (Wildman–Crippen LogP) is 4.05. The third-order valence-electron chi connectivity index (χ3n) is 4.84. The number of rotatable bonds is 6. The van der Waals surface area contributed by atoms with Gasteiger partial charge in [0.1, 0.15) is 18.0 Å². The molecule has 2 heterocycles. The van der Waals surface area contributed by atoms with E-state index < -0.39 is 11.6 Å². The maximum atomic E-state index is 12.8. The quantitative estimate of drug-likeness (QED) is 0.718. The molecule has 0 radical (unpaired) electrons. The van der Waals surface area contributed by atoms with Gasteiger partial charge in [0.15, 0.2) is 6.04 Å². The van der Waals surface area contributed by atoms with Gasteiger partial charge in [-0.1, -0.05) is 30.3 Å². The monoisotopic (exact) mass is 414 g/mol. The average Bonchev–Trinajstić information content (AvgIpc) is 3.24. The van der Waals surface area contributed by atoms with Crippen molar-refractivity contribution in [1.29, 1.82) is 0 Å². The van der Waals surface area contributed by atoms with E-state index in [2.05, 4.69) is 5.32 Å². The van der Waals surface area contributed by atoms with Crippen LogP contribution in [0.3, 0.4) is 0 Å². The molecule has 1 aliphatic heterocycles. The summed E-state index contributed by atoms with van der Waals surface area (Å²) < 4.78 is 16.4. The SMILES string of the molecule is CC(C)(C)OC(=O)N1CCC(NC(C(=O)OCc2ccccc2)c2ccco2)CC1. The first-order valence-electron chi connectivity index (χ1n) is 10.3. The van der Waals surface area contributed by atoms with Crippen LogP contribution < -0.4 is 5.32 Å². The van der Waals surface area contributed by atoms with Crippen molar-refractivity contribution in [2.24, 2.45) is 0 Å². The number of likely N-dealkylation sites (tertiary alicyclic amines) is 1. The molecule has 7 nitrogen and oxygen atoms in total. The van der Waals surface area contributed by atoms with Gasteiger partial charge in [-0.3, -0.25) is 5.32 Å². The van der Waals surface area contributed by atoms with Crippen LogP contribution in [0.5, 0.6) is 0 Å². The fourth-order valence-electron chi connectivity index (χ4n) is 3.32. The van der Waals surface area contributed by atoms with E-state index in [0.717, 1.165) is 5.56 Å². The normalized spacial score (nSPS) is 16.2.